The van der Waals surface area contributed by atoms with E-state index in [1.165, 1.54) is 43.6 Å². The molecule has 7 aromatic carbocycles. The van der Waals surface area contributed by atoms with Gasteiger partial charge in [0.25, 0.3) is 0 Å². The Labute approximate surface area is 277 Å². The van der Waals surface area contributed by atoms with Crippen molar-refractivity contribution in [3.05, 3.63) is 158 Å². The molecule has 47 heavy (non-hydrogen) atoms. The minimum absolute atomic E-state index is 0.173. The summed E-state index contributed by atoms with van der Waals surface area (Å²) in [5, 5.41) is 4.96. The van der Waals surface area contributed by atoms with E-state index in [0.717, 1.165) is 44.7 Å². The molecule has 220 valence electrons. The first-order valence-corrected chi connectivity index (χ1v) is 17.3. The molecule has 3 aromatic heterocycles. The van der Waals surface area contributed by atoms with Gasteiger partial charge in [0, 0.05) is 0 Å². The van der Waals surface area contributed by atoms with Crippen molar-refractivity contribution in [3.8, 4) is 33.6 Å². The normalized spacial score (nSPS) is 11.8. The third-order valence-corrected chi connectivity index (χ3v) is 10.5. The molecule has 0 amide bonds. The number of para-hydroxylation sites is 4. The monoisotopic (exact) mass is 666 g/mol. The Hall–Kier alpha value is -5.74. The van der Waals surface area contributed by atoms with Crippen LogP contribution in [0.4, 0.5) is 0 Å². The van der Waals surface area contributed by atoms with Gasteiger partial charge in [-0.2, -0.15) is 0 Å². The van der Waals surface area contributed by atoms with Crippen molar-refractivity contribution in [2.24, 2.45) is 0 Å². The number of fused-ring (bicyclic) bond motifs is 7. The zero-order chi connectivity index (χ0) is 30.9. The Kier molecular flexibility index (Phi) is 5.86. The first-order chi connectivity index (χ1) is 23.3. The molecule has 10 rings (SSSR count). The van der Waals surface area contributed by atoms with Gasteiger partial charge >= 0.3 is 278 Å². The number of hydrogen-bond donors (Lipinski definition) is 0. The van der Waals surface area contributed by atoms with Gasteiger partial charge in [0.05, 0.1) is 0 Å². The molecule has 0 saturated heterocycles. The molecule has 0 radical (unpaired) electrons. The molecule has 0 aliphatic rings. The molecule has 10 aromatic rings. The summed E-state index contributed by atoms with van der Waals surface area (Å²) in [6, 6.07) is 56.7. The van der Waals surface area contributed by atoms with Crippen LogP contribution in [0.25, 0.3) is 88.3 Å². The van der Waals surface area contributed by atoms with Gasteiger partial charge in [-0.3, -0.25) is 0 Å². The van der Waals surface area contributed by atoms with Crippen LogP contribution >= 0.6 is 0 Å². The fourth-order valence-corrected chi connectivity index (χ4v) is 8.53. The summed E-state index contributed by atoms with van der Waals surface area (Å²) >= 11 is -0.173. The quantitative estimate of drug-likeness (QED) is 0.176. The summed E-state index contributed by atoms with van der Waals surface area (Å²) in [6.07, 6.45) is 0. The second-order valence-electron chi connectivity index (χ2n) is 12.0. The summed E-state index contributed by atoms with van der Waals surface area (Å²) < 4.78 is 14.7. The zero-order valence-corrected chi connectivity index (χ0v) is 26.9. The summed E-state index contributed by atoms with van der Waals surface area (Å²) in [5.74, 6) is 0. The van der Waals surface area contributed by atoms with Crippen LogP contribution in [0.15, 0.2) is 158 Å². The van der Waals surface area contributed by atoms with E-state index >= 15 is 0 Å². The van der Waals surface area contributed by atoms with E-state index < -0.39 is 0 Å². The molecule has 0 unspecified atom stereocenters. The molecule has 3 heterocycles. The predicted octanol–water partition coefficient (Wildman–Crippen LogP) is 10.2. The van der Waals surface area contributed by atoms with Gasteiger partial charge in [0.1, 0.15) is 0 Å². The van der Waals surface area contributed by atoms with Crippen LogP contribution in [-0.2, 0) is 0 Å². The van der Waals surface area contributed by atoms with E-state index in [2.05, 4.69) is 167 Å². The van der Waals surface area contributed by atoms with Crippen molar-refractivity contribution in [3.63, 3.8) is 0 Å². The number of aromatic nitrogens is 4. The molecule has 0 N–H and O–H groups in total. The Morgan fingerprint density at radius 2 is 0.766 bits per heavy atom. The summed E-state index contributed by atoms with van der Waals surface area (Å²) in [7, 11) is 0. The third-order valence-electron chi connectivity index (χ3n) is 9.41. The molecule has 0 saturated carbocycles. The fourth-order valence-electron chi connectivity index (χ4n) is 7.32. The van der Waals surface area contributed by atoms with Crippen molar-refractivity contribution in [2.45, 2.75) is 0 Å². The Morgan fingerprint density at radius 3 is 1.23 bits per heavy atom. The van der Waals surface area contributed by atoms with Crippen LogP contribution < -0.4 is 0 Å². The summed E-state index contributed by atoms with van der Waals surface area (Å²) in [5.41, 5.74) is 13.7. The van der Waals surface area contributed by atoms with Crippen LogP contribution in [0, 0.1) is 0 Å². The van der Waals surface area contributed by atoms with Crippen LogP contribution in [-0.4, -0.2) is 32.1 Å². The van der Waals surface area contributed by atoms with E-state index in [-0.39, 0.29) is 15.0 Å². The summed E-state index contributed by atoms with van der Waals surface area (Å²) in [4.78, 5) is 0. The molecule has 0 atom stereocenters. The van der Waals surface area contributed by atoms with Crippen molar-refractivity contribution >= 4 is 69.6 Å². The van der Waals surface area contributed by atoms with E-state index in [1.54, 1.807) is 0 Å². The van der Waals surface area contributed by atoms with Crippen LogP contribution in [0.5, 0.6) is 0 Å². The Balaban J connectivity index is 1.14. The van der Waals surface area contributed by atoms with Gasteiger partial charge in [-0.1, -0.05) is 0 Å². The average molecular weight is 666 g/mol. The molecule has 0 fully saturated rings. The minimum atomic E-state index is -0.173. The van der Waals surface area contributed by atoms with Crippen molar-refractivity contribution in [2.75, 3.05) is 0 Å². The molecule has 0 bridgehead atoms. The predicted molar refractivity (Wildman–Crippen MR) is 196 cm³/mol. The number of hydrogen-bond acceptors (Lipinski definition) is 2. The maximum atomic E-state index is 5.00. The van der Waals surface area contributed by atoms with Gasteiger partial charge < -0.3 is 0 Å². The molecule has 0 aliphatic carbocycles. The Bertz CT molecular complexity index is 2600. The number of rotatable bonds is 4. The van der Waals surface area contributed by atoms with Crippen LogP contribution in [0.1, 0.15) is 0 Å². The molecule has 0 spiro atoms. The maximum absolute atomic E-state index is 5.00. The zero-order valence-electron chi connectivity index (χ0n) is 25.2. The van der Waals surface area contributed by atoms with E-state index in [9.17, 15) is 0 Å². The van der Waals surface area contributed by atoms with Crippen LogP contribution in [0.2, 0.25) is 0 Å². The second-order valence-corrected chi connectivity index (χ2v) is 13.1. The topological polar surface area (TPSA) is 35.6 Å². The van der Waals surface area contributed by atoms with Gasteiger partial charge in [0.15, 0.2) is 0 Å². The van der Waals surface area contributed by atoms with E-state index in [1.807, 2.05) is 0 Å². The van der Waals surface area contributed by atoms with Gasteiger partial charge in [-0.15, -0.1) is 0 Å². The molecule has 4 nitrogen and oxygen atoms in total. The van der Waals surface area contributed by atoms with Gasteiger partial charge in [-0.05, 0) is 0 Å². The van der Waals surface area contributed by atoms with E-state index in [0.29, 0.717) is 0 Å². The summed E-state index contributed by atoms with van der Waals surface area (Å²) in [6.45, 7) is 0. The van der Waals surface area contributed by atoms with Gasteiger partial charge in [-0.25, -0.2) is 0 Å². The van der Waals surface area contributed by atoms with Crippen molar-refractivity contribution < 1.29 is 0 Å². The van der Waals surface area contributed by atoms with Crippen LogP contribution in [0.3, 0.4) is 0 Å². The molecular formula is C42H26N4Se. The molecular weight excluding hydrogens is 639 g/mol. The fraction of sp³-hybridized carbons (Fsp3) is 0. The van der Waals surface area contributed by atoms with Gasteiger partial charge in [0.2, 0.25) is 0 Å². The number of nitrogens with zero attached hydrogens (tertiary/aromatic N) is 4. The average Bonchev–Trinajstić information content (AvgIpc) is 3.85. The van der Waals surface area contributed by atoms with E-state index in [4.69, 9.17) is 7.96 Å². The standard InChI is InChI=1S/C42H26N4Se/c1-3-11-29(12-4-1)45-37-17-9-7-15-33(37)35-25-27(19-23-39(35)45)31-21-22-32(42-41(31)43-47-44-42)28-20-24-40-36(26-28)34-16-8-10-18-38(34)46(40)30-13-5-2-6-14-30/h1-26H. The number of benzene rings is 7. The SMILES string of the molecule is c1ccc(-n2c3ccccc3c3cc(-c4ccc(-c5ccc6c(c5)c5ccccc5n6-c5ccccc5)c5n[se]nc45)ccc32)cc1. The Morgan fingerprint density at radius 1 is 0.362 bits per heavy atom. The second kappa shape index (κ2) is 10.4. The van der Waals surface area contributed by atoms with Crippen molar-refractivity contribution in [1.29, 1.82) is 0 Å². The third kappa shape index (κ3) is 4.01. The molecule has 0 aliphatic heterocycles. The molecule has 5 heteroatoms. The first-order valence-electron chi connectivity index (χ1n) is 15.8. The first kappa shape index (κ1) is 26.5. The van der Waals surface area contributed by atoms with Crippen molar-refractivity contribution in [1.82, 2.24) is 17.1 Å².